The number of rotatable bonds is 6. The van der Waals surface area contributed by atoms with Crippen LogP contribution in [0, 0.1) is 19.7 Å². The number of fused-ring (bicyclic) bond motifs is 1. The van der Waals surface area contributed by atoms with Crippen LogP contribution in [0.4, 0.5) is 4.39 Å². The summed E-state index contributed by atoms with van der Waals surface area (Å²) in [5.74, 6) is -0.489. The molecule has 0 aliphatic rings. The molecule has 32 heavy (non-hydrogen) atoms. The Bertz CT molecular complexity index is 1330. The normalized spacial score (nSPS) is 12.1. The van der Waals surface area contributed by atoms with Gasteiger partial charge < -0.3 is 10.3 Å². The van der Waals surface area contributed by atoms with E-state index in [1.165, 1.54) is 28.8 Å². The van der Waals surface area contributed by atoms with Crippen molar-refractivity contribution in [3.63, 3.8) is 0 Å². The number of carbonyl (C=O) groups excluding carboxylic acids is 1. The zero-order valence-corrected chi connectivity index (χ0v) is 18.8. The van der Waals surface area contributed by atoms with Gasteiger partial charge in [0.05, 0.1) is 23.0 Å². The van der Waals surface area contributed by atoms with Crippen molar-refractivity contribution >= 4 is 28.7 Å². The Kier molecular flexibility index (Phi) is 6.14. The molecule has 2 aromatic heterocycles. The molecule has 0 aliphatic carbocycles. The number of carbonyl (C=O) groups is 1. The summed E-state index contributed by atoms with van der Waals surface area (Å²) in [6.45, 7) is 5.78. The predicted octanol–water partition coefficient (Wildman–Crippen LogP) is 4.44. The molecule has 2 aromatic carbocycles. The van der Waals surface area contributed by atoms with E-state index in [0.717, 1.165) is 28.6 Å². The summed E-state index contributed by atoms with van der Waals surface area (Å²) in [4.78, 5) is 33.4. The molecule has 0 radical (unpaired) electrons. The van der Waals surface area contributed by atoms with Crippen molar-refractivity contribution in [1.29, 1.82) is 0 Å². The largest absolute Gasteiger partial charge is 0.353 e. The number of H-pyrrole nitrogens is 1. The molecule has 4 rings (SSSR count). The van der Waals surface area contributed by atoms with Crippen molar-refractivity contribution in [2.75, 3.05) is 5.75 Å². The minimum absolute atomic E-state index is 0.0821. The van der Waals surface area contributed by atoms with Gasteiger partial charge in [0.1, 0.15) is 11.3 Å². The van der Waals surface area contributed by atoms with Gasteiger partial charge in [-0.05, 0) is 56.7 Å². The lowest BCUT2D eigenvalue weighted by Gasteiger charge is -2.15. The molecule has 2 heterocycles. The SMILES string of the molecule is Cc1ccc([C@H](C)NC(=O)CSc2nc3cc(C)[nH]c3c(=O)n2-c2ccc(F)cc2)cc1. The Labute approximate surface area is 188 Å². The van der Waals surface area contributed by atoms with Crippen molar-refractivity contribution in [2.45, 2.75) is 32.0 Å². The molecule has 0 fully saturated rings. The van der Waals surface area contributed by atoms with Gasteiger partial charge in [0.25, 0.3) is 5.56 Å². The Hall–Kier alpha value is -3.39. The highest BCUT2D eigenvalue weighted by atomic mass is 32.2. The number of benzene rings is 2. The number of thioether (sulfide) groups is 1. The summed E-state index contributed by atoms with van der Waals surface area (Å²) in [5, 5.41) is 3.34. The topological polar surface area (TPSA) is 79.8 Å². The Morgan fingerprint density at radius 2 is 1.84 bits per heavy atom. The third-order valence-corrected chi connectivity index (χ3v) is 6.07. The molecule has 1 atom stereocenters. The van der Waals surface area contributed by atoms with Crippen LogP contribution in [-0.4, -0.2) is 26.2 Å². The highest BCUT2D eigenvalue weighted by molar-refractivity contribution is 7.99. The second-order valence-electron chi connectivity index (χ2n) is 7.71. The minimum atomic E-state index is -0.398. The smallest absolute Gasteiger partial charge is 0.283 e. The first-order valence-corrected chi connectivity index (χ1v) is 11.2. The predicted molar refractivity (Wildman–Crippen MR) is 125 cm³/mol. The van der Waals surface area contributed by atoms with Gasteiger partial charge in [-0.25, -0.2) is 9.37 Å². The first-order valence-electron chi connectivity index (χ1n) is 10.2. The second-order valence-corrected chi connectivity index (χ2v) is 8.66. The van der Waals surface area contributed by atoms with Gasteiger partial charge in [-0.1, -0.05) is 41.6 Å². The summed E-state index contributed by atoms with van der Waals surface area (Å²) in [6.07, 6.45) is 0. The third kappa shape index (κ3) is 4.60. The van der Waals surface area contributed by atoms with Gasteiger partial charge in [-0.2, -0.15) is 0 Å². The molecule has 0 saturated heterocycles. The number of hydrogen-bond acceptors (Lipinski definition) is 4. The van der Waals surface area contributed by atoms with Crippen LogP contribution in [0.5, 0.6) is 0 Å². The standard InChI is InChI=1S/C24H23FN4O2S/c1-14-4-6-17(7-5-14)16(3)27-21(30)13-32-24-28-20-12-15(2)26-22(20)23(31)29(24)19-10-8-18(25)9-11-19/h4-12,16,26H,13H2,1-3H3,(H,27,30)/t16-/m0/s1. The molecule has 0 unspecified atom stereocenters. The van der Waals surface area contributed by atoms with Crippen LogP contribution >= 0.6 is 11.8 Å². The van der Waals surface area contributed by atoms with Crippen molar-refractivity contribution < 1.29 is 9.18 Å². The molecule has 0 saturated carbocycles. The quantitative estimate of drug-likeness (QED) is 0.336. The highest BCUT2D eigenvalue weighted by Crippen LogP contribution is 2.22. The van der Waals surface area contributed by atoms with Crippen LogP contribution in [0.15, 0.2) is 64.5 Å². The van der Waals surface area contributed by atoms with Crippen molar-refractivity contribution in [1.82, 2.24) is 19.9 Å². The Morgan fingerprint density at radius 1 is 1.16 bits per heavy atom. The van der Waals surface area contributed by atoms with E-state index in [1.807, 2.05) is 45.0 Å². The zero-order chi connectivity index (χ0) is 22.8. The van der Waals surface area contributed by atoms with Crippen LogP contribution < -0.4 is 10.9 Å². The number of nitrogens with one attached hydrogen (secondary N) is 2. The number of aromatic nitrogens is 3. The lowest BCUT2D eigenvalue weighted by Crippen LogP contribution is -2.29. The first-order chi connectivity index (χ1) is 15.3. The summed E-state index contributed by atoms with van der Waals surface area (Å²) in [6, 6.07) is 15.2. The molecule has 164 valence electrons. The molecule has 1 amide bonds. The maximum absolute atomic E-state index is 13.4. The Morgan fingerprint density at radius 3 is 2.53 bits per heavy atom. The summed E-state index contributed by atoms with van der Waals surface area (Å²) in [5.41, 5.74) is 4.06. The van der Waals surface area contributed by atoms with Crippen LogP contribution in [0.1, 0.15) is 29.8 Å². The fraction of sp³-hybridized carbons (Fsp3) is 0.208. The van der Waals surface area contributed by atoms with Gasteiger partial charge in [0.15, 0.2) is 5.16 Å². The fourth-order valence-electron chi connectivity index (χ4n) is 3.44. The van der Waals surface area contributed by atoms with Crippen LogP contribution in [0.2, 0.25) is 0 Å². The molecular weight excluding hydrogens is 427 g/mol. The van der Waals surface area contributed by atoms with Crippen molar-refractivity contribution in [3.8, 4) is 5.69 Å². The summed E-state index contributed by atoms with van der Waals surface area (Å²) in [7, 11) is 0. The number of aryl methyl sites for hydroxylation is 2. The first kappa shape index (κ1) is 21.8. The van der Waals surface area contributed by atoms with Crippen LogP contribution in [-0.2, 0) is 4.79 Å². The lowest BCUT2D eigenvalue weighted by atomic mass is 10.1. The Balaban J connectivity index is 1.59. The van der Waals surface area contributed by atoms with E-state index in [4.69, 9.17) is 0 Å². The monoisotopic (exact) mass is 450 g/mol. The third-order valence-electron chi connectivity index (χ3n) is 5.13. The van der Waals surface area contributed by atoms with Gasteiger partial charge in [0.2, 0.25) is 5.91 Å². The maximum Gasteiger partial charge on any atom is 0.283 e. The maximum atomic E-state index is 13.4. The molecule has 0 spiro atoms. The molecular formula is C24H23FN4O2S. The molecule has 2 N–H and O–H groups in total. The van der Waals surface area contributed by atoms with Gasteiger partial charge in [-0.15, -0.1) is 0 Å². The van der Waals surface area contributed by atoms with Gasteiger partial charge in [0, 0.05) is 5.69 Å². The van der Waals surface area contributed by atoms with E-state index in [-0.39, 0.29) is 23.3 Å². The fourth-order valence-corrected chi connectivity index (χ4v) is 4.27. The van der Waals surface area contributed by atoms with Crippen molar-refractivity contribution in [3.05, 3.63) is 87.6 Å². The highest BCUT2D eigenvalue weighted by Gasteiger charge is 2.17. The van der Waals surface area contributed by atoms with E-state index in [9.17, 15) is 14.0 Å². The average molecular weight is 451 g/mol. The zero-order valence-electron chi connectivity index (χ0n) is 18.0. The molecule has 4 aromatic rings. The molecule has 0 aliphatic heterocycles. The van der Waals surface area contributed by atoms with E-state index in [2.05, 4.69) is 15.3 Å². The average Bonchev–Trinajstić information content (AvgIpc) is 3.14. The van der Waals surface area contributed by atoms with E-state index < -0.39 is 5.82 Å². The van der Waals surface area contributed by atoms with Crippen molar-refractivity contribution in [2.24, 2.45) is 0 Å². The number of aromatic amines is 1. The van der Waals surface area contributed by atoms with E-state index in [1.54, 1.807) is 6.07 Å². The summed E-state index contributed by atoms with van der Waals surface area (Å²) >= 11 is 1.16. The van der Waals surface area contributed by atoms with Crippen LogP contribution in [0.3, 0.4) is 0 Å². The number of amides is 1. The van der Waals surface area contributed by atoms with E-state index >= 15 is 0 Å². The van der Waals surface area contributed by atoms with E-state index in [0.29, 0.717) is 21.9 Å². The van der Waals surface area contributed by atoms with Gasteiger partial charge >= 0.3 is 0 Å². The summed E-state index contributed by atoms with van der Waals surface area (Å²) < 4.78 is 14.8. The lowest BCUT2D eigenvalue weighted by molar-refractivity contribution is -0.119. The van der Waals surface area contributed by atoms with Gasteiger partial charge in [-0.3, -0.25) is 14.2 Å². The molecule has 8 heteroatoms. The second kappa shape index (κ2) is 9.00. The van der Waals surface area contributed by atoms with Crippen LogP contribution in [0.25, 0.3) is 16.7 Å². The minimum Gasteiger partial charge on any atom is -0.353 e. The number of nitrogens with zero attached hydrogens (tertiary/aromatic N) is 2. The number of halogens is 1. The molecule has 6 nitrogen and oxygen atoms in total. The number of hydrogen-bond donors (Lipinski definition) is 2. The molecule has 0 bridgehead atoms.